The molecule has 7 heteroatoms. The molecular formula is C16H23N3O3S. The Bertz CT molecular complexity index is 547. The Morgan fingerprint density at radius 2 is 2.43 bits per heavy atom. The molecule has 1 N–H and O–H groups in total. The summed E-state index contributed by atoms with van der Waals surface area (Å²) in [5.74, 6) is 0. The maximum atomic E-state index is 10.2. The monoisotopic (exact) mass is 337 g/mol. The summed E-state index contributed by atoms with van der Waals surface area (Å²) in [6, 6.07) is 5.96. The Morgan fingerprint density at radius 3 is 3.22 bits per heavy atom. The number of hydrogen-bond acceptors (Lipinski definition) is 6. The van der Waals surface area contributed by atoms with Crippen molar-refractivity contribution in [3.63, 3.8) is 0 Å². The number of aromatic nitrogens is 2. The van der Waals surface area contributed by atoms with Gasteiger partial charge in [-0.25, -0.2) is 0 Å². The van der Waals surface area contributed by atoms with Gasteiger partial charge in [0.25, 0.3) is 0 Å². The van der Waals surface area contributed by atoms with Crippen LogP contribution in [0, 0.1) is 0 Å². The van der Waals surface area contributed by atoms with Crippen molar-refractivity contribution in [3.05, 3.63) is 40.8 Å². The fourth-order valence-electron chi connectivity index (χ4n) is 2.71. The minimum atomic E-state index is -0.474. The van der Waals surface area contributed by atoms with Crippen LogP contribution in [0.5, 0.6) is 0 Å². The van der Waals surface area contributed by atoms with Crippen molar-refractivity contribution >= 4 is 11.3 Å². The Kier molecular flexibility index (Phi) is 6.18. The van der Waals surface area contributed by atoms with E-state index in [1.807, 2.05) is 34.5 Å². The van der Waals surface area contributed by atoms with E-state index in [0.29, 0.717) is 26.4 Å². The van der Waals surface area contributed by atoms with E-state index in [1.54, 1.807) is 17.5 Å². The molecule has 0 aliphatic carbocycles. The molecule has 2 atom stereocenters. The lowest BCUT2D eigenvalue weighted by atomic mass is 10.2. The first-order valence-electron chi connectivity index (χ1n) is 7.89. The molecule has 0 radical (unpaired) electrons. The zero-order valence-corrected chi connectivity index (χ0v) is 13.9. The van der Waals surface area contributed by atoms with Crippen LogP contribution in [-0.4, -0.2) is 64.8 Å². The van der Waals surface area contributed by atoms with Gasteiger partial charge in [-0.2, -0.15) is 5.10 Å². The molecule has 0 spiro atoms. The Morgan fingerprint density at radius 1 is 1.48 bits per heavy atom. The van der Waals surface area contributed by atoms with E-state index in [0.717, 1.165) is 19.6 Å². The van der Waals surface area contributed by atoms with Gasteiger partial charge in [-0.05, 0) is 17.5 Å². The zero-order valence-electron chi connectivity index (χ0n) is 13.1. The molecule has 23 heavy (non-hydrogen) atoms. The van der Waals surface area contributed by atoms with Crippen molar-refractivity contribution in [2.75, 3.05) is 32.8 Å². The Labute approximate surface area is 140 Å². The fraction of sp³-hybridized carbons (Fsp3) is 0.562. The summed E-state index contributed by atoms with van der Waals surface area (Å²) in [6.45, 7) is 4.63. The van der Waals surface area contributed by atoms with Crippen LogP contribution < -0.4 is 0 Å². The van der Waals surface area contributed by atoms with E-state index in [-0.39, 0.29) is 6.10 Å². The quantitative estimate of drug-likeness (QED) is 0.785. The van der Waals surface area contributed by atoms with Crippen LogP contribution in [0.3, 0.4) is 0 Å². The van der Waals surface area contributed by atoms with Gasteiger partial charge < -0.3 is 14.6 Å². The van der Waals surface area contributed by atoms with Gasteiger partial charge in [-0.1, -0.05) is 6.07 Å². The van der Waals surface area contributed by atoms with Gasteiger partial charge in [0, 0.05) is 36.9 Å². The molecule has 3 rings (SSSR count). The summed E-state index contributed by atoms with van der Waals surface area (Å²) < 4.78 is 13.2. The summed E-state index contributed by atoms with van der Waals surface area (Å²) >= 11 is 1.67. The first-order chi connectivity index (χ1) is 11.3. The molecule has 1 aliphatic rings. The first-order valence-corrected chi connectivity index (χ1v) is 8.77. The average Bonchev–Trinajstić information content (AvgIpc) is 3.21. The number of rotatable bonds is 8. The third-order valence-corrected chi connectivity index (χ3v) is 4.63. The Hall–Kier alpha value is -1.25. The van der Waals surface area contributed by atoms with Crippen molar-refractivity contribution in [2.45, 2.75) is 25.4 Å². The maximum Gasteiger partial charge on any atom is 0.0900 e. The van der Waals surface area contributed by atoms with Crippen LogP contribution >= 0.6 is 11.3 Å². The fourth-order valence-corrected chi connectivity index (χ4v) is 3.36. The summed E-state index contributed by atoms with van der Waals surface area (Å²) in [4.78, 5) is 3.42. The van der Waals surface area contributed by atoms with Gasteiger partial charge in [-0.15, -0.1) is 11.3 Å². The molecule has 1 fully saturated rings. The number of aliphatic hydroxyl groups is 1. The minimum absolute atomic E-state index is 0.114. The smallest absolute Gasteiger partial charge is 0.0900 e. The second-order valence-corrected chi connectivity index (χ2v) is 6.76. The molecule has 2 unspecified atom stereocenters. The number of nitrogens with zero attached hydrogens (tertiary/aromatic N) is 3. The lowest BCUT2D eigenvalue weighted by Gasteiger charge is -2.33. The van der Waals surface area contributed by atoms with Crippen molar-refractivity contribution < 1.29 is 14.6 Å². The van der Waals surface area contributed by atoms with Crippen molar-refractivity contribution in [3.8, 4) is 0 Å². The molecule has 1 aliphatic heterocycles. The molecule has 2 aromatic rings. The van der Waals surface area contributed by atoms with E-state index in [2.05, 4.69) is 10.00 Å². The molecule has 126 valence electrons. The van der Waals surface area contributed by atoms with Gasteiger partial charge in [0.15, 0.2) is 0 Å². The predicted molar refractivity (Wildman–Crippen MR) is 88.4 cm³/mol. The van der Waals surface area contributed by atoms with Crippen LogP contribution in [0.15, 0.2) is 36.0 Å². The molecule has 6 nitrogen and oxygen atoms in total. The molecule has 3 heterocycles. The molecule has 1 saturated heterocycles. The highest BCUT2D eigenvalue weighted by atomic mass is 32.1. The second kappa shape index (κ2) is 8.56. The second-order valence-electron chi connectivity index (χ2n) is 5.73. The van der Waals surface area contributed by atoms with Crippen molar-refractivity contribution in [2.24, 2.45) is 0 Å². The molecular weight excluding hydrogens is 314 g/mol. The zero-order chi connectivity index (χ0) is 15.9. The maximum absolute atomic E-state index is 10.2. The largest absolute Gasteiger partial charge is 0.389 e. The summed E-state index contributed by atoms with van der Waals surface area (Å²) in [5.41, 5.74) is 0. The Balaban J connectivity index is 1.36. The average molecular weight is 337 g/mol. The van der Waals surface area contributed by atoms with E-state index in [9.17, 15) is 5.11 Å². The van der Waals surface area contributed by atoms with Crippen LogP contribution in [0.25, 0.3) is 0 Å². The summed E-state index contributed by atoms with van der Waals surface area (Å²) in [6.07, 6.45) is 3.35. The van der Waals surface area contributed by atoms with Crippen LogP contribution in [0.4, 0.5) is 0 Å². The van der Waals surface area contributed by atoms with Gasteiger partial charge in [0.2, 0.25) is 0 Å². The standard InChI is InChI=1S/C16H23N3O3S/c20-14(12-21-13-16-3-1-8-23-16)9-18-6-7-22-15(10-18)11-19-5-2-4-17-19/h1-5,8,14-15,20H,6-7,9-13H2. The third-order valence-electron chi connectivity index (χ3n) is 3.78. The SMILES string of the molecule is OC(COCc1cccs1)CN1CCOC(Cn2cccn2)C1. The normalized spacial score (nSPS) is 20.7. The highest BCUT2D eigenvalue weighted by Gasteiger charge is 2.22. The highest BCUT2D eigenvalue weighted by Crippen LogP contribution is 2.11. The van der Waals surface area contributed by atoms with Gasteiger partial charge in [0.1, 0.15) is 0 Å². The van der Waals surface area contributed by atoms with Gasteiger partial charge in [0.05, 0.1) is 38.6 Å². The summed E-state index contributed by atoms with van der Waals surface area (Å²) in [5, 5.41) is 16.4. The molecule has 0 bridgehead atoms. The number of hydrogen-bond donors (Lipinski definition) is 1. The number of ether oxygens (including phenoxy) is 2. The number of morpholine rings is 1. The third kappa shape index (κ3) is 5.40. The van der Waals surface area contributed by atoms with Gasteiger partial charge in [-0.3, -0.25) is 9.58 Å². The summed E-state index contributed by atoms with van der Waals surface area (Å²) in [7, 11) is 0. The van der Waals surface area contributed by atoms with Crippen molar-refractivity contribution in [1.29, 1.82) is 0 Å². The van der Waals surface area contributed by atoms with E-state index in [1.165, 1.54) is 4.88 Å². The van der Waals surface area contributed by atoms with E-state index >= 15 is 0 Å². The van der Waals surface area contributed by atoms with E-state index in [4.69, 9.17) is 9.47 Å². The van der Waals surface area contributed by atoms with Crippen molar-refractivity contribution in [1.82, 2.24) is 14.7 Å². The molecule has 0 amide bonds. The van der Waals surface area contributed by atoms with Gasteiger partial charge >= 0.3 is 0 Å². The molecule has 2 aromatic heterocycles. The highest BCUT2D eigenvalue weighted by molar-refractivity contribution is 7.09. The number of aliphatic hydroxyl groups excluding tert-OH is 1. The predicted octanol–water partition coefficient (Wildman–Crippen LogP) is 1.22. The van der Waals surface area contributed by atoms with Crippen LogP contribution in [0.1, 0.15) is 4.88 Å². The molecule has 0 saturated carbocycles. The number of β-amino-alcohol motifs (C(OH)–C–C–N with tert-alkyl or cyclic N) is 1. The number of thiophene rings is 1. The lowest BCUT2D eigenvalue weighted by molar-refractivity contribution is -0.0582. The van der Waals surface area contributed by atoms with Crippen LogP contribution in [-0.2, 0) is 22.6 Å². The topological polar surface area (TPSA) is 59.8 Å². The minimum Gasteiger partial charge on any atom is -0.389 e. The molecule has 0 aromatic carbocycles. The van der Waals surface area contributed by atoms with Crippen LogP contribution in [0.2, 0.25) is 0 Å². The first kappa shape index (κ1) is 16.6. The van der Waals surface area contributed by atoms with E-state index < -0.39 is 6.10 Å². The lowest BCUT2D eigenvalue weighted by Crippen LogP contribution is -2.47.